The maximum absolute atomic E-state index is 12.6. The Bertz CT molecular complexity index is 457. The second-order valence-electron chi connectivity index (χ2n) is 4.25. The molecule has 1 aromatic carbocycles. The molecule has 0 aliphatic rings. The molecule has 0 saturated carbocycles. The van der Waals surface area contributed by atoms with Crippen LogP contribution in [0.3, 0.4) is 0 Å². The third-order valence-corrected chi connectivity index (χ3v) is 3.71. The molecule has 1 aromatic rings. The van der Waals surface area contributed by atoms with Crippen LogP contribution >= 0.6 is 0 Å². The molecule has 0 radical (unpaired) electrons. The number of sulfonamides is 1. The van der Waals surface area contributed by atoms with Gasteiger partial charge in [0.1, 0.15) is 11.6 Å². The number of ether oxygens (including phenoxy) is 1. The summed E-state index contributed by atoms with van der Waals surface area (Å²) >= 11 is 0. The molecule has 0 bridgehead atoms. The average Bonchev–Trinajstić information content (AvgIpc) is 2.25. The van der Waals surface area contributed by atoms with E-state index in [0.29, 0.717) is 12.2 Å². The summed E-state index contributed by atoms with van der Waals surface area (Å²) < 4.78 is 43.4. The van der Waals surface area contributed by atoms with Gasteiger partial charge in [0.05, 0.1) is 12.4 Å². The normalized spacial score (nSPS) is 11.8. The van der Waals surface area contributed by atoms with Gasteiger partial charge in [-0.15, -0.1) is 0 Å². The van der Waals surface area contributed by atoms with Crippen molar-refractivity contribution in [2.75, 3.05) is 12.4 Å². The van der Waals surface area contributed by atoms with Crippen molar-refractivity contribution in [3.05, 3.63) is 30.1 Å². The molecule has 0 unspecified atom stereocenters. The molecule has 1 rings (SSSR count). The SMILES string of the molecule is CC(C)NS(=O)(=O)CCCOc1ccc(F)cc1. The zero-order valence-electron chi connectivity index (χ0n) is 10.5. The lowest BCUT2D eigenvalue weighted by Crippen LogP contribution is -2.32. The van der Waals surface area contributed by atoms with Gasteiger partial charge in [0.25, 0.3) is 0 Å². The zero-order chi connectivity index (χ0) is 13.6. The Balaban J connectivity index is 2.28. The number of rotatable bonds is 7. The number of hydrogen-bond acceptors (Lipinski definition) is 3. The van der Waals surface area contributed by atoms with Crippen molar-refractivity contribution in [3.63, 3.8) is 0 Å². The summed E-state index contributed by atoms with van der Waals surface area (Å²) in [6.07, 6.45) is 0.388. The molecule has 102 valence electrons. The molecule has 0 saturated heterocycles. The van der Waals surface area contributed by atoms with Crippen LogP contribution in [0.5, 0.6) is 5.75 Å². The maximum Gasteiger partial charge on any atom is 0.211 e. The summed E-state index contributed by atoms with van der Waals surface area (Å²) in [5, 5.41) is 0. The van der Waals surface area contributed by atoms with Gasteiger partial charge in [0.15, 0.2) is 0 Å². The largest absolute Gasteiger partial charge is 0.494 e. The van der Waals surface area contributed by atoms with Crippen molar-refractivity contribution in [2.45, 2.75) is 26.3 Å². The lowest BCUT2D eigenvalue weighted by atomic mass is 10.3. The van der Waals surface area contributed by atoms with E-state index in [1.165, 1.54) is 24.3 Å². The van der Waals surface area contributed by atoms with Crippen LogP contribution in [0.25, 0.3) is 0 Å². The third kappa shape index (κ3) is 5.97. The summed E-state index contributed by atoms with van der Waals surface area (Å²) in [7, 11) is -3.23. The predicted octanol–water partition coefficient (Wildman–Crippen LogP) is 1.92. The first-order valence-corrected chi connectivity index (χ1v) is 7.42. The van der Waals surface area contributed by atoms with Gasteiger partial charge in [0.2, 0.25) is 10.0 Å². The van der Waals surface area contributed by atoms with E-state index in [1.54, 1.807) is 13.8 Å². The van der Waals surface area contributed by atoms with E-state index in [1.807, 2.05) is 0 Å². The number of halogens is 1. The highest BCUT2D eigenvalue weighted by Crippen LogP contribution is 2.11. The lowest BCUT2D eigenvalue weighted by Gasteiger charge is -2.10. The minimum absolute atomic E-state index is 0.0202. The van der Waals surface area contributed by atoms with Crippen LogP contribution in [-0.2, 0) is 10.0 Å². The van der Waals surface area contributed by atoms with Crippen molar-refractivity contribution in [1.29, 1.82) is 0 Å². The fourth-order valence-electron chi connectivity index (χ4n) is 1.39. The van der Waals surface area contributed by atoms with Crippen LogP contribution in [0.4, 0.5) is 4.39 Å². The van der Waals surface area contributed by atoms with Crippen LogP contribution in [0.15, 0.2) is 24.3 Å². The summed E-state index contributed by atoms with van der Waals surface area (Å²) in [6, 6.07) is 5.51. The van der Waals surface area contributed by atoms with E-state index >= 15 is 0 Å². The van der Waals surface area contributed by atoms with Crippen LogP contribution in [0.2, 0.25) is 0 Å². The summed E-state index contributed by atoms with van der Waals surface area (Å²) in [5.74, 6) is 0.225. The molecular formula is C12H18FNO3S. The highest BCUT2D eigenvalue weighted by molar-refractivity contribution is 7.89. The first-order chi connectivity index (χ1) is 8.39. The Hall–Kier alpha value is -1.14. The quantitative estimate of drug-likeness (QED) is 0.774. The fraction of sp³-hybridized carbons (Fsp3) is 0.500. The molecule has 0 aromatic heterocycles. The molecule has 18 heavy (non-hydrogen) atoms. The van der Waals surface area contributed by atoms with Crippen molar-refractivity contribution < 1.29 is 17.5 Å². The van der Waals surface area contributed by atoms with Crippen LogP contribution in [-0.4, -0.2) is 26.8 Å². The molecule has 4 nitrogen and oxygen atoms in total. The first-order valence-electron chi connectivity index (χ1n) is 5.77. The molecule has 0 amide bonds. The lowest BCUT2D eigenvalue weighted by molar-refractivity contribution is 0.317. The molecule has 0 spiro atoms. The van der Waals surface area contributed by atoms with Gasteiger partial charge < -0.3 is 4.74 Å². The van der Waals surface area contributed by atoms with E-state index in [0.717, 1.165) is 0 Å². The molecule has 0 aliphatic heterocycles. The molecular weight excluding hydrogens is 257 g/mol. The Morgan fingerprint density at radius 2 is 1.89 bits per heavy atom. The Kier molecular flexibility index (Phi) is 5.55. The van der Waals surface area contributed by atoms with Crippen LogP contribution in [0.1, 0.15) is 20.3 Å². The predicted molar refractivity (Wildman–Crippen MR) is 68.6 cm³/mol. The highest BCUT2D eigenvalue weighted by Gasteiger charge is 2.11. The Morgan fingerprint density at radius 1 is 1.28 bits per heavy atom. The second kappa shape index (κ2) is 6.70. The molecule has 1 N–H and O–H groups in total. The van der Waals surface area contributed by atoms with E-state index in [9.17, 15) is 12.8 Å². The monoisotopic (exact) mass is 275 g/mol. The standard InChI is InChI=1S/C12H18FNO3S/c1-10(2)14-18(15,16)9-3-8-17-12-6-4-11(13)5-7-12/h4-7,10,14H,3,8-9H2,1-2H3. The van der Waals surface area contributed by atoms with E-state index in [2.05, 4.69) is 4.72 Å². The van der Waals surface area contributed by atoms with Crippen LogP contribution in [0, 0.1) is 5.82 Å². The smallest absolute Gasteiger partial charge is 0.211 e. The molecule has 0 aliphatic carbocycles. The van der Waals surface area contributed by atoms with Crippen molar-refractivity contribution in [2.24, 2.45) is 0 Å². The van der Waals surface area contributed by atoms with Gasteiger partial charge in [-0.1, -0.05) is 0 Å². The Morgan fingerprint density at radius 3 is 2.44 bits per heavy atom. The topological polar surface area (TPSA) is 55.4 Å². The molecule has 0 heterocycles. The van der Waals surface area contributed by atoms with Crippen molar-refractivity contribution in [3.8, 4) is 5.75 Å². The summed E-state index contributed by atoms with van der Waals surface area (Å²) in [4.78, 5) is 0. The minimum atomic E-state index is -3.23. The first kappa shape index (κ1) is 14.9. The summed E-state index contributed by atoms with van der Waals surface area (Å²) in [5.41, 5.74) is 0. The molecule has 0 fully saturated rings. The number of benzene rings is 1. The molecule has 6 heteroatoms. The van der Waals surface area contributed by atoms with E-state index in [4.69, 9.17) is 4.74 Å². The average molecular weight is 275 g/mol. The van der Waals surface area contributed by atoms with Gasteiger partial charge in [-0.05, 0) is 44.5 Å². The van der Waals surface area contributed by atoms with Crippen molar-refractivity contribution in [1.82, 2.24) is 4.72 Å². The minimum Gasteiger partial charge on any atom is -0.494 e. The number of nitrogens with one attached hydrogen (secondary N) is 1. The Labute approximate surface area is 107 Å². The zero-order valence-corrected chi connectivity index (χ0v) is 11.3. The summed E-state index contributed by atoms with van der Waals surface area (Å²) in [6.45, 7) is 3.82. The van der Waals surface area contributed by atoms with Gasteiger partial charge in [0, 0.05) is 6.04 Å². The number of hydrogen-bond donors (Lipinski definition) is 1. The van der Waals surface area contributed by atoms with E-state index in [-0.39, 0.29) is 24.2 Å². The maximum atomic E-state index is 12.6. The molecule has 0 atom stereocenters. The van der Waals surface area contributed by atoms with Gasteiger partial charge in [-0.2, -0.15) is 0 Å². The fourth-order valence-corrected chi connectivity index (χ4v) is 2.72. The van der Waals surface area contributed by atoms with Gasteiger partial charge >= 0.3 is 0 Å². The van der Waals surface area contributed by atoms with E-state index < -0.39 is 10.0 Å². The van der Waals surface area contributed by atoms with Gasteiger partial charge in [-0.25, -0.2) is 17.5 Å². The van der Waals surface area contributed by atoms with Crippen molar-refractivity contribution >= 4 is 10.0 Å². The third-order valence-electron chi connectivity index (χ3n) is 2.06. The highest BCUT2D eigenvalue weighted by atomic mass is 32.2. The second-order valence-corrected chi connectivity index (χ2v) is 6.12. The van der Waals surface area contributed by atoms with Gasteiger partial charge in [-0.3, -0.25) is 0 Å². The van der Waals surface area contributed by atoms with Crippen LogP contribution < -0.4 is 9.46 Å².